The summed E-state index contributed by atoms with van der Waals surface area (Å²) in [7, 11) is 0. The van der Waals surface area contributed by atoms with E-state index >= 15 is 0 Å². The summed E-state index contributed by atoms with van der Waals surface area (Å²) >= 11 is 2.06. The molecule has 1 fully saturated rings. The number of rotatable bonds is 4. The van der Waals surface area contributed by atoms with E-state index in [1.165, 1.54) is 17.7 Å². The van der Waals surface area contributed by atoms with Gasteiger partial charge in [-0.15, -0.1) is 0 Å². The number of aromatic hydroxyl groups is 1. The Morgan fingerprint density at radius 2 is 2.12 bits per heavy atom. The first-order chi connectivity index (χ1) is 7.74. The van der Waals surface area contributed by atoms with E-state index in [2.05, 4.69) is 24.0 Å². The smallest absolute Gasteiger partial charge is 0.115 e. The zero-order valence-electron chi connectivity index (χ0n) is 9.65. The third-order valence-electron chi connectivity index (χ3n) is 2.98. The molecule has 88 valence electrons. The summed E-state index contributed by atoms with van der Waals surface area (Å²) in [6, 6.07) is 8.18. The fraction of sp³-hybridized carbons (Fsp3) is 0.538. The molecule has 0 aromatic heterocycles. The summed E-state index contributed by atoms with van der Waals surface area (Å²) in [6.45, 7) is 3.33. The zero-order chi connectivity index (χ0) is 11.4. The molecule has 0 spiro atoms. The highest BCUT2D eigenvalue weighted by atomic mass is 32.2. The molecule has 1 aliphatic rings. The Kier molecular flexibility index (Phi) is 4.13. The number of nitrogens with one attached hydrogen (secondary N) is 1. The summed E-state index contributed by atoms with van der Waals surface area (Å²) in [5.41, 5.74) is 1.28. The second-order valence-electron chi connectivity index (χ2n) is 4.45. The second-order valence-corrected chi connectivity index (χ2v) is 5.92. The van der Waals surface area contributed by atoms with Crippen molar-refractivity contribution in [1.82, 2.24) is 5.32 Å². The van der Waals surface area contributed by atoms with Gasteiger partial charge in [0.15, 0.2) is 0 Å². The van der Waals surface area contributed by atoms with Gasteiger partial charge in [-0.05, 0) is 37.1 Å². The fourth-order valence-corrected chi connectivity index (χ4v) is 3.23. The Bertz CT molecular complexity index is 325. The van der Waals surface area contributed by atoms with E-state index in [0.29, 0.717) is 11.8 Å². The molecule has 1 saturated heterocycles. The Hall–Kier alpha value is -0.670. The average Bonchev–Trinajstić information content (AvgIpc) is 2.67. The summed E-state index contributed by atoms with van der Waals surface area (Å²) in [6.07, 6.45) is 2.33. The predicted molar refractivity (Wildman–Crippen MR) is 70.1 cm³/mol. The lowest BCUT2D eigenvalue weighted by Crippen LogP contribution is -2.30. The highest BCUT2D eigenvalue weighted by molar-refractivity contribution is 8.00. The molecule has 0 aliphatic carbocycles. The van der Waals surface area contributed by atoms with Crippen LogP contribution in [-0.2, 0) is 6.42 Å². The van der Waals surface area contributed by atoms with Crippen LogP contribution in [0.5, 0.6) is 5.75 Å². The van der Waals surface area contributed by atoms with Crippen LogP contribution in [0, 0.1) is 0 Å². The van der Waals surface area contributed by atoms with Crippen molar-refractivity contribution >= 4 is 11.8 Å². The molecular formula is C13H19NOS. The molecule has 3 heteroatoms. The minimum Gasteiger partial charge on any atom is -0.508 e. The molecule has 2 nitrogen and oxygen atoms in total. The molecule has 1 aliphatic heterocycles. The molecule has 1 aromatic rings. The van der Waals surface area contributed by atoms with E-state index in [1.807, 2.05) is 12.1 Å². The van der Waals surface area contributed by atoms with Gasteiger partial charge in [-0.3, -0.25) is 0 Å². The Morgan fingerprint density at radius 3 is 2.75 bits per heavy atom. The largest absolute Gasteiger partial charge is 0.508 e. The highest BCUT2D eigenvalue weighted by Gasteiger charge is 2.20. The van der Waals surface area contributed by atoms with Crippen LogP contribution in [0.1, 0.15) is 18.9 Å². The van der Waals surface area contributed by atoms with Crippen molar-refractivity contribution in [3.63, 3.8) is 0 Å². The number of phenolic OH excluding ortho intramolecular Hbond substituents is 1. The number of hydrogen-bond donors (Lipinski definition) is 2. The average molecular weight is 237 g/mol. The number of thioether (sulfide) groups is 1. The van der Waals surface area contributed by atoms with Gasteiger partial charge in [-0.25, -0.2) is 0 Å². The van der Waals surface area contributed by atoms with Crippen LogP contribution in [0.25, 0.3) is 0 Å². The third kappa shape index (κ3) is 3.42. The van der Waals surface area contributed by atoms with Crippen LogP contribution in [0.2, 0.25) is 0 Å². The van der Waals surface area contributed by atoms with Crippen LogP contribution in [0.15, 0.2) is 24.3 Å². The maximum Gasteiger partial charge on any atom is 0.115 e. The van der Waals surface area contributed by atoms with E-state index < -0.39 is 0 Å². The molecule has 16 heavy (non-hydrogen) atoms. The van der Waals surface area contributed by atoms with Crippen molar-refractivity contribution in [2.75, 3.05) is 12.3 Å². The fourth-order valence-electron chi connectivity index (χ4n) is 2.04. The maximum absolute atomic E-state index is 9.17. The van der Waals surface area contributed by atoms with E-state index in [4.69, 9.17) is 5.11 Å². The van der Waals surface area contributed by atoms with Crippen molar-refractivity contribution < 1.29 is 5.11 Å². The summed E-state index contributed by atoms with van der Waals surface area (Å²) in [5.74, 6) is 1.59. The predicted octanol–water partition coefficient (Wildman–Crippen LogP) is 2.42. The topological polar surface area (TPSA) is 32.3 Å². The van der Waals surface area contributed by atoms with Gasteiger partial charge >= 0.3 is 0 Å². The molecule has 0 saturated carbocycles. The molecule has 2 rings (SSSR count). The first-order valence-electron chi connectivity index (χ1n) is 5.87. The molecular weight excluding hydrogens is 218 g/mol. The van der Waals surface area contributed by atoms with Crippen molar-refractivity contribution in [3.05, 3.63) is 29.8 Å². The van der Waals surface area contributed by atoms with Crippen molar-refractivity contribution in [2.45, 2.75) is 31.1 Å². The van der Waals surface area contributed by atoms with Crippen LogP contribution < -0.4 is 5.32 Å². The van der Waals surface area contributed by atoms with Crippen LogP contribution in [0.4, 0.5) is 0 Å². The van der Waals surface area contributed by atoms with Crippen molar-refractivity contribution in [2.24, 2.45) is 0 Å². The number of benzene rings is 1. The van der Waals surface area contributed by atoms with Gasteiger partial charge in [0.1, 0.15) is 5.75 Å². The molecule has 2 atom stereocenters. The number of phenols is 1. The van der Waals surface area contributed by atoms with Gasteiger partial charge in [0.05, 0.1) is 0 Å². The third-order valence-corrected chi connectivity index (χ3v) is 4.34. The summed E-state index contributed by atoms with van der Waals surface area (Å²) in [4.78, 5) is 0. The lowest BCUT2D eigenvalue weighted by molar-refractivity contribution is 0.475. The highest BCUT2D eigenvalue weighted by Crippen LogP contribution is 2.25. The lowest BCUT2D eigenvalue weighted by Gasteiger charge is -2.11. The summed E-state index contributed by atoms with van der Waals surface area (Å²) in [5, 5.41) is 13.6. The van der Waals surface area contributed by atoms with Gasteiger partial charge < -0.3 is 10.4 Å². The van der Waals surface area contributed by atoms with Gasteiger partial charge in [-0.1, -0.05) is 19.1 Å². The zero-order valence-corrected chi connectivity index (χ0v) is 10.5. The van der Waals surface area contributed by atoms with Crippen LogP contribution in [-0.4, -0.2) is 28.7 Å². The van der Waals surface area contributed by atoms with Gasteiger partial charge in [-0.2, -0.15) is 11.8 Å². The molecule has 0 amide bonds. The van der Waals surface area contributed by atoms with Gasteiger partial charge in [0.25, 0.3) is 0 Å². The van der Waals surface area contributed by atoms with Gasteiger partial charge in [0, 0.05) is 17.0 Å². The van der Waals surface area contributed by atoms with Crippen LogP contribution >= 0.6 is 11.8 Å². The molecule has 2 unspecified atom stereocenters. The molecule has 0 radical (unpaired) electrons. The van der Waals surface area contributed by atoms with Crippen molar-refractivity contribution in [3.8, 4) is 5.75 Å². The quantitative estimate of drug-likeness (QED) is 0.843. The van der Waals surface area contributed by atoms with Crippen LogP contribution in [0.3, 0.4) is 0 Å². The lowest BCUT2D eigenvalue weighted by atomic mass is 10.1. The first kappa shape index (κ1) is 11.8. The monoisotopic (exact) mass is 237 g/mol. The van der Waals surface area contributed by atoms with E-state index in [1.54, 1.807) is 12.1 Å². The van der Waals surface area contributed by atoms with E-state index in [0.717, 1.165) is 18.2 Å². The van der Waals surface area contributed by atoms with E-state index in [-0.39, 0.29) is 0 Å². The van der Waals surface area contributed by atoms with E-state index in [9.17, 15) is 0 Å². The maximum atomic E-state index is 9.17. The first-order valence-corrected chi connectivity index (χ1v) is 6.92. The SMILES string of the molecule is CC1CC(NCCc2ccc(O)cc2)CS1. The Balaban J connectivity index is 1.70. The molecule has 1 heterocycles. The van der Waals surface area contributed by atoms with Gasteiger partial charge in [0.2, 0.25) is 0 Å². The normalized spacial score (nSPS) is 24.8. The summed E-state index contributed by atoms with van der Waals surface area (Å²) < 4.78 is 0. The van der Waals surface area contributed by atoms with Crippen molar-refractivity contribution in [1.29, 1.82) is 0 Å². The standard InChI is InChI=1S/C13H19NOS/c1-10-8-12(9-16-10)14-7-6-11-2-4-13(15)5-3-11/h2-5,10,12,14-15H,6-9H2,1H3. The minimum atomic E-state index is 0.345. The Morgan fingerprint density at radius 1 is 1.38 bits per heavy atom. The Labute approximate surface area is 101 Å². The molecule has 2 N–H and O–H groups in total. The molecule has 1 aromatic carbocycles. The number of hydrogen-bond acceptors (Lipinski definition) is 3. The second kappa shape index (κ2) is 5.60. The minimum absolute atomic E-state index is 0.345. The molecule has 0 bridgehead atoms.